The van der Waals surface area contributed by atoms with Crippen LogP contribution in [0.4, 0.5) is 0 Å². The molecule has 0 heterocycles. The van der Waals surface area contributed by atoms with Gasteiger partial charge in [0.15, 0.2) is 0 Å². The smallest absolute Gasteiger partial charge is 0.0722 e. The number of ether oxygens (including phenoxy) is 2. The Balaban J connectivity index is 2.66. The van der Waals surface area contributed by atoms with Gasteiger partial charge < -0.3 is 9.47 Å². The van der Waals surface area contributed by atoms with Crippen LogP contribution in [-0.4, -0.2) is 14.2 Å². The van der Waals surface area contributed by atoms with E-state index in [1.807, 2.05) is 6.07 Å². The molecule has 0 amide bonds. The van der Waals surface area contributed by atoms with Crippen molar-refractivity contribution < 1.29 is 9.47 Å². The molecular weight excluding hydrogens is 248 g/mol. The number of aryl methyl sites for hydroxylation is 1. The first-order valence-corrected chi connectivity index (χ1v) is 6.84. The molecule has 2 aromatic rings. The normalized spacial score (nSPS) is 10.8. The minimum Gasteiger partial charge on any atom is -0.380 e. The molecule has 0 spiro atoms. The molecule has 0 atom stereocenters. The van der Waals surface area contributed by atoms with Gasteiger partial charge in [0.2, 0.25) is 0 Å². The molecule has 2 rings (SSSR count). The van der Waals surface area contributed by atoms with Gasteiger partial charge in [-0.05, 0) is 47.2 Å². The van der Waals surface area contributed by atoms with Gasteiger partial charge in [-0.3, -0.25) is 0 Å². The number of hydrogen-bond donors (Lipinski definition) is 0. The van der Waals surface area contributed by atoms with Crippen LogP contribution in [0.2, 0.25) is 0 Å². The molecule has 0 aliphatic heterocycles. The second-order valence-corrected chi connectivity index (χ2v) is 5.06. The van der Waals surface area contributed by atoms with Crippen molar-refractivity contribution >= 4 is 0 Å². The van der Waals surface area contributed by atoms with Crippen molar-refractivity contribution in [3.8, 4) is 11.1 Å². The fraction of sp³-hybridized carbons (Fsp3) is 0.333. The van der Waals surface area contributed by atoms with Crippen molar-refractivity contribution in [2.45, 2.75) is 27.1 Å². The third kappa shape index (κ3) is 2.92. The van der Waals surface area contributed by atoms with Gasteiger partial charge in [-0.2, -0.15) is 0 Å². The lowest BCUT2D eigenvalue weighted by atomic mass is 9.90. The van der Waals surface area contributed by atoms with E-state index in [4.69, 9.17) is 9.47 Å². The van der Waals surface area contributed by atoms with E-state index in [1.54, 1.807) is 14.2 Å². The summed E-state index contributed by atoms with van der Waals surface area (Å²) in [6, 6.07) is 12.7. The average Bonchev–Trinajstić information content (AvgIpc) is 2.47. The molecule has 0 aliphatic carbocycles. The first kappa shape index (κ1) is 14.8. The summed E-state index contributed by atoms with van der Waals surface area (Å²) in [5.74, 6) is 0. The molecule has 0 radical (unpaired) electrons. The molecule has 0 N–H and O–H groups in total. The quantitative estimate of drug-likeness (QED) is 0.808. The molecule has 0 fully saturated rings. The standard InChI is InChI=1S/C18H22O2/c1-13-10-16(15-8-6-5-7-9-15)18(12-20-4)17(11-19-3)14(13)2/h5-10H,11-12H2,1-4H3. The van der Waals surface area contributed by atoms with Crippen LogP contribution in [0.3, 0.4) is 0 Å². The van der Waals surface area contributed by atoms with E-state index in [-0.39, 0.29) is 0 Å². The van der Waals surface area contributed by atoms with Crippen molar-refractivity contribution in [1.29, 1.82) is 0 Å². The summed E-state index contributed by atoms with van der Waals surface area (Å²) in [5.41, 5.74) is 7.51. The third-order valence-corrected chi connectivity index (χ3v) is 3.76. The maximum Gasteiger partial charge on any atom is 0.0722 e. The van der Waals surface area contributed by atoms with Crippen LogP contribution < -0.4 is 0 Å². The summed E-state index contributed by atoms with van der Waals surface area (Å²) in [5, 5.41) is 0. The SMILES string of the molecule is COCc1c(-c2ccccc2)cc(C)c(C)c1COC. The first-order valence-electron chi connectivity index (χ1n) is 6.84. The second kappa shape index (κ2) is 6.69. The van der Waals surface area contributed by atoms with Gasteiger partial charge in [0.05, 0.1) is 13.2 Å². The highest BCUT2D eigenvalue weighted by Gasteiger charge is 2.14. The van der Waals surface area contributed by atoms with E-state index in [0.717, 1.165) is 0 Å². The molecule has 0 aromatic heterocycles. The lowest BCUT2D eigenvalue weighted by Gasteiger charge is -2.19. The Labute approximate surface area is 121 Å². The molecular formula is C18H22O2. The monoisotopic (exact) mass is 270 g/mol. The maximum absolute atomic E-state index is 5.42. The highest BCUT2D eigenvalue weighted by atomic mass is 16.5. The van der Waals surface area contributed by atoms with E-state index in [0.29, 0.717) is 13.2 Å². The van der Waals surface area contributed by atoms with Crippen LogP contribution in [0.15, 0.2) is 36.4 Å². The minimum absolute atomic E-state index is 0.601. The van der Waals surface area contributed by atoms with Crippen molar-refractivity contribution in [1.82, 2.24) is 0 Å². The predicted molar refractivity (Wildman–Crippen MR) is 82.8 cm³/mol. The van der Waals surface area contributed by atoms with Crippen molar-refractivity contribution in [3.05, 3.63) is 58.7 Å². The zero-order valence-electron chi connectivity index (χ0n) is 12.7. The Morgan fingerprint density at radius 2 is 1.45 bits per heavy atom. The van der Waals surface area contributed by atoms with E-state index >= 15 is 0 Å². The van der Waals surface area contributed by atoms with Gasteiger partial charge in [-0.25, -0.2) is 0 Å². The van der Waals surface area contributed by atoms with Crippen LogP contribution in [0.1, 0.15) is 22.3 Å². The number of hydrogen-bond acceptors (Lipinski definition) is 2. The topological polar surface area (TPSA) is 18.5 Å². The largest absolute Gasteiger partial charge is 0.380 e. The zero-order valence-corrected chi connectivity index (χ0v) is 12.7. The third-order valence-electron chi connectivity index (χ3n) is 3.76. The van der Waals surface area contributed by atoms with E-state index in [9.17, 15) is 0 Å². The van der Waals surface area contributed by atoms with E-state index in [2.05, 4.69) is 44.2 Å². The fourth-order valence-electron chi connectivity index (χ4n) is 2.56. The summed E-state index contributed by atoms with van der Waals surface area (Å²) in [6.45, 7) is 5.52. The van der Waals surface area contributed by atoms with Crippen molar-refractivity contribution in [2.24, 2.45) is 0 Å². The Kier molecular flexibility index (Phi) is 4.94. The fourth-order valence-corrected chi connectivity index (χ4v) is 2.56. The number of benzene rings is 2. The highest BCUT2D eigenvalue weighted by molar-refractivity contribution is 5.70. The Hall–Kier alpha value is -1.64. The Bertz CT molecular complexity index is 574. The van der Waals surface area contributed by atoms with Gasteiger partial charge in [-0.1, -0.05) is 36.4 Å². The summed E-state index contributed by atoms with van der Waals surface area (Å²) in [4.78, 5) is 0. The van der Waals surface area contributed by atoms with Crippen LogP contribution in [-0.2, 0) is 22.7 Å². The molecule has 2 nitrogen and oxygen atoms in total. The summed E-state index contributed by atoms with van der Waals surface area (Å²) >= 11 is 0. The minimum atomic E-state index is 0.601. The van der Waals surface area contributed by atoms with Gasteiger partial charge in [0, 0.05) is 14.2 Å². The van der Waals surface area contributed by atoms with E-state index in [1.165, 1.54) is 33.4 Å². The van der Waals surface area contributed by atoms with Crippen LogP contribution in [0, 0.1) is 13.8 Å². The summed E-state index contributed by atoms with van der Waals surface area (Å²) in [6.07, 6.45) is 0. The van der Waals surface area contributed by atoms with Crippen molar-refractivity contribution in [3.63, 3.8) is 0 Å². The van der Waals surface area contributed by atoms with Crippen LogP contribution >= 0.6 is 0 Å². The van der Waals surface area contributed by atoms with Crippen molar-refractivity contribution in [2.75, 3.05) is 14.2 Å². The number of rotatable bonds is 5. The highest BCUT2D eigenvalue weighted by Crippen LogP contribution is 2.31. The molecule has 106 valence electrons. The molecule has 2 heteroatoms. The molecule has 0 saturated heterocycles. The molecule has 20 heavy (non-hydrogen) atoms. The molecule has 0 saturated carbocycles. The number of methoxy groups -OCH3 is 2. The lowest BCUT2D eigenvalue weighted by molar-refractivity contribution is 0.168. The summed E-state index contributed by atoms with van der Waals surface area (Å²) in [7, 11) is 3.47. The molecule has 2 aromatic carbocycles. The molecule has 0 bridgehead atoms. The Morgan fingerprint density at radius 3 is 2.05 bits per heavy atom. The van der Waals surface area contributed by atoms with Crippen LogP contribution in [0.5, 0.6) is 0 Å². The summed E-state index contributed by atoms with van der Waals surface area (Å²) < 4.78 is 10.8. The molecule has 0 aliphatic rings. The average molecular weight is 270 g/mol. The first-order chi connectivity index (χ1) is 9.69. The van der Waals surface area contributed by atoms with E-state index < -0.39 is 0 Å². The lowest BCUT2D eigenvalue weighted by Crippen LogP contribution is -2.05. The van der Waals surface area contributed by atoms with Gasteiger partial charge >= 0.3 is 0 Å². The van der Waals surface area contributed by atoms with Gasteiger partial charge in [-0.15, -0.1) is 0 Å². The van der Waals surface area contributed by atoms with Gasteiger partial charge in [0.25, 0.3) is 0 Å². The predicted octanol–water partition coefficient (Wildman–Crippen LogP) is 4.26. The van der Waals surface area contributed by atoms with Gasteiger partial charge in [0.1, 0.15) is 0 Å². The second-order valence-electron chi connectivity index (χ2n) is 5.06. The zero-order chi connectivity index (χ0) is 14.5. The van der Waals surface area contributed by atoms with Crippen LogP contribution in [0.25, 0.3) is 11.1 Å². The maximum atomic E-state index is 5.42. The molecule has 0 unspecified atom stereocenters. The Morgan fingerprint density at radius 1 is 0.850 bits per heavy atom.